The highest BCUT2D eigenvalue weighted by Gasteiger charge is 2.08. The molecule has 3 N–H and O–H groups in total. The van der Waals surface area contributed by atoms with Crippen LogP contribution < -0.4 is 20.7 Å². The van der Waals surface area contributed by atoms with Crippen LogP contribution in [-0.2, 0) is 4.79 Å². The van der Waals surface area contributed by atoms with E-state index < -0.39 is 0 Å². The first-order valence-electron chi connectivity index (χ1n) is 9.20. The molecule has 6 nitrogen and oxygen atoms in total. The van der Waals surface area contributed by atoms with E-state index in [0.29, 0.717) is 22.7 Å². The minimum atomic E-state index is -0.188. The molecule has 0 spiro atoms. The Morgan fingerprint density at radius 2 is 1.55 bits per heavy atom. The van der Waals surface area contributed by atoms with E-state index in [1.807, 2.05) is 49.4 Å². The second-order valence-corrected chi connectivity index (χ2v) is 6.50. The second kappa shape index (κ2) is 9.41. The molecule has 0 bridgehead atoms. The Morgan fingerprint density at radius 3 is 2.24 bits per heavy atom. The van der Waals surface area contributed by atoms with Gasteiger partial charge in [0.2, 0.25) is 5.91 Å². The smallest absolute Gasteiger partial charge is 0.255 e. The standard InChI is InChI=1S/C23H23N3O3/c1-16-6-5-7-17(14-16)23(28)26-19-12-10-18(11-13-19)25-22(27)15-24-20-8-3-4-9-21(20)29-2/h3-14,24H,15H2,1-2H3,(H,25,27)(H,26,28). The molecule has 3 rings (SSSR count). The molecule has 0 aromatic heterocycles. The number of carbonyl (C=O) groups excluding carboxylic acids is 2. The summed E-state index contributed by atoms with van der Waals surface area (Å²) in [6.07, 6.45) is 0. The predicted molar refractivity (Wildman–Crippen MR) is 116 cm³/mol. The van der Waals surface area contributed by atoms with Crippen LogP contribution >= 0.6 is 0 Å². The topological polar surface area (TPSA) is 79.5 Å². The Labute approximate surface area is 169 Å². The Balaban J connectivity index is 1.53. The van der Waals surface area contributed by atoms with Crippen LogP contribution in [0.3, 0.4) is 0 Å². The Morgan fingerprint density at radius 1 is 0.862 bits per heavy atom. The monoisotopic (exact) mass is 389 g/mol. The number of carbonyl (C=O) groups is 2. The first-order valence-corrected chi connectivity index (χ1v) is 9.20. The summed E-state index contributed by atoms with van der Waals surface area (Å²) < 4.78 is 5.25. The maximum atomic E-state index is 12.3. The van der Waals surface area contributed by atoms with Gasteiger partial charge in [0.15, 0.2) is 0 Å². The molecule has 0 fully saturated rings. The Hall–Kier alpha value is -3.80. The van der Waals surface area contributed by atoms with Crippen LogP contribution in [0.1, 0.15) is 15.9 Å². The third-order valence-corrected chi connectivity index (χ3v) is 4.25. The molecule has 0 unspecified atom stereocenters. The van der Waals surface area contributed by atoms with Crippen LogP contribution in [0, 0.1) is 6.92 Å². The van der Waals surface area contributed by atoms with E-state index in [-0.39, 0.29) is 18.4 Å². The lowest BCUT2D eigenvalue weighted by molar-refractivity contribution is -0.114. The summed E-state index contributed by atoms with van der Waals surface area (Å²) in [5.74, 6) is 0.313. The number of para-hydroxylation sites is 2. The van der Waals surface area contributed by atoms with E-state index in [1.165, 1.54) is 0 Å². The van der Waals surface area contributed by atoms with Gasteiger partial charge in [-0.2, -0.15) is 0 Å². The number of hydrogen-bond donors (Lipinski definition) is 3. The van der Waals surface area contributed by atoms with Crippen molar-refractivity contribution in [2.45, 2.75) is 6.92 Å². The van der Waals surface area contributed by atoms with Crippen molar-refractivity contribution < 1.29 is 14.3 Å². The van der Waals surface area contributed by atoms with Crippen LogP contribution in [0.4, 0.5) is 17.1 Å². The SMILES string of the molecule is COc1ccccc1NCC(=O)Nc1ccc(NC(=O)c2cccc(C)c2)cc1. The summed E-state index contributed by atoms with van der Waals surface area (Å²) >= 11 is 0. The lowest BCUT2D eigenvalue weighted by Crippen LogP contribution is -2.22. The summed E-state index contributed by atoms with van der Waals surface area (Å²) in [5.41, 5.74) is 3.67. The summed E-state index contributed by atoms with van der Waals surface area (Å²) in [4.78, 5) is 24.5. The Bertz CT molecular complexity index is 1000. The number of aryl methyl sites for hydroxylation is 1. The van der Waals surface area contributed by atoms with Crippen molar-refractivity contribution in [1.82, 2.24) is 0 Å². The third kappa shape index (κ3) is 5.59. The van der Waals surface area contributed by atoms with Gasteiger partial charge in [0.1, 0.15) is 5.75 Å². The zero-order valence-electron chi connectivity index (χ0n) is 16.4. The van der Waals surface area contributed by atoms with Crippen molar-refractivity contribution in [3.8, 4) is 5.75 Å². The zero-order chi connectivity index (χ0) is 20.6. The van der Waals surface area contributed by atoms with Gasteiger partial charge in [-0.05, 0) is 55.5 Å². The maximum Gasteiger partial charge on any atom is 0.255 e. The average molecular weight is 389 g/mol. The van der Waals surface area contributed by atoms with Gasteiger partial charge in [0.05, 0.1) is 19.3 Å². The van der Waals surface area contributed by atoms with Gasteiger partial charge < -0.3 is 20.7 Å². The van der Waals surface area contributed by atoms with Crippen LogP contribution in [0.5, 0.6) is 5.75 Å². The van der Waals surface area contributed by atoms with Gasteiger partial charge in [-0.15, -0.1) is 0 Å². The molecule has 0 aliphatic heterocycles. The molecular weight excluding hydrogens is 366 g/mol. The van der Waals surface area contributed by atoms with Crippen LogP contribution in [0.25, 0.3) is 0 Å². The van der Waals surface area contributed by atoms with Crippen LogP contribution in [0.2, 0.25) is 0 Å². The summed E-state index contributed by atoms with van der Waals surface area (Å²) in [6.45, 7) is 2.04. The van der Waals surface area contributed by atoms with Gasteiger partial charge in [0.25, 0.3) is 5.91 Å². The molecule has 0 radical (unpaired) electrons. The first-order chi connectivity index (χ1) is 14.0. The van der Waals surface area contributed by atoms with Crippen LogP contribution in [-0.4, -0.2) is 25.5 Å². The number of hydrogen-bond acceptors (Lipinski definition) is 4. The highest BCUT2D eigenvalue weighted by Crippen LogP contribution is 2.22. The number of anilines is 3. The quantitative estimate of drug-likeness (QED) is 0.563. The largest absolute Gasteiger partial charge is 0.495 e. The fourth-order valence-electron chi connectivity index (χ4n) is 2.80. The van der Waals surface area contributed by atoms with Crippen molar-refractivity contribution in [2.75, 3.05) is 29.6 Å². The molecule has 0 saturated heterocycles. The first kappa shape index (κ1) is 19.9. The molecule has 0 aliphatic rings. The highest BCUT2D eigenvalue weighted by atomic mass is 16.5. The number of amides is 2. The minimum Gasteiger partial charge on any atom is -0.495 e. The highest BCUT2D eigenvalue weighted by molar-refractivity contribution is 6.04. The fourth-order valence-corrected chi connectivity index (χ4v) is 2.80. The number of methoxy groups -OCH3 is 1. The summed E-state index contributed by atoms with van der Waals surface area (Å²) in [7, 11) is 1.58. The van der Waals surface area contributed by atoms with E-state index in [9.17, 15) is 9.59 Å². The van der Waals surface area contributed by atoms with Gasteiger partial charge in [0, 0.05) is 16.9 Å². The van der Waals surface area contributed by atoms with Crippen LogP contribution in [0.15, 0.2) is 72.8 Å². The molecule has 0 saturated carbocycles. The number of benzene rings is 3. The van der Waals surface area contributed by atoms with E-state index in [2.05, 4.69) is 16.0 Å². The minimum absolute atomic E-state index is 0.103. The fraction of sp³-hybridized carbons (Fsp3) is 0.130. The van der Waals surface area contributed by atoms with Crippen molar-refractivity contribution in [1.29, 1.82) is 0 Å². The lowest BCUT2D eigenvalue weighted by Gasteiger charge is -2.11. The summed E-state index contributed by atoms with van der Waals surface area (Å²) in [6, 6.07) is 21.8. The Kier molecular flexibility index (Phi) is 6.47. The average Bonchev–Trinajstić information content (AvgIpc) is 2.74. The van der Waals surface area contributed by atoms with E-state index in [4.69, 9.17) is 4.74 Å². The predicted octanol–water partition coefficient (Wildman–Crippen LogP) is 4.31. The number of rotatable bonds is 7. The van der Waals surface area contributed by atoms with Crippen molar-refractivity contribution in [2.24, 2.45) is 0 Å². The number of ether oxygens (including phenoxy) is 1. The van der Waals surface area contributed by atoms with Gasteiger partial charge in [-0.1, -0.05) is 29.8 Å². The molecule has 0 heterocycles. The van der Waals surface area contributed by atoms with E-state index >= 15 is 0 Å². The molecule has 148 valence electrons. The zero-order valence-corrected chi connectivity index (χ0v) is 16.4. The lowest BCUT2D eigenvalue weighted by atomic mass is 10.1. The molecule has 3 aromatic rings. The van der Waals surface area contributed by atoms with Gasteiger partial charge >= 0.3 is 0 Å². The van der Waals surface area contributed by atoms with E-state index in [0.717, 1.165) is 11.3 Å². The molecule has 0 atom stereocenters. The maximum absolute atomic E-state index is 12.3. The molecule has 2 amide bonds. The van der Waals surface area contributed by atoms with Gasteiger partial charge in [-0.25, -0.2) is 0 Å². The van der Waals surface area contributed by atoms with E-state index in [1.54, 1.807) is 37.4 Å². The van der Waals surface area contributed by atoms with Crippen molar-refractivity contribution in [3.05, 3.63) is 83.9 Å². The molecule has 6 heteroatoms. The molecular formula is C23H23N3O3. The molecule has 3 aromatic carbocycles. The normalized spacial score (nSPS) is 10.1. The molecule has 29 heavy (non-hydrogen) atoms. The molecule has 0 aliphatic carbocycles. The number of nitrogens with one attached hydrogen (secondary N) is 3. The van der Waals surface area contributed by atoms with Crippen molar-refractivity contribution >= 4 is 28.9 Å². The van der Waals surface area contributed by atoms with Crippen molar-refractivity contribution in [3.63, 3.8) is 0 Å². The third-order valence-electron chi connectivity index (χ3n) is 4.25. The summed E-state index contributed by atoms with van der Waals surface area (Å²) in [5, 5.41) is 8.71. The second-order valence-electron chi connectivity index (χ2n) is 6.50. The van der Waals surface area contributed by atoms with Gasteiger partial charge in [-0.3, -0.25) is 9.59 Å².